The Morgan fingerprint density at radius 3 is 2.61 bits per heavy atom. The van der Waals surface area contributed by atoms with Crippen LogP contribution >= 0.6 is 0 Å². The SMILES string of the molecule is O[C@@H]1[C@@H](N2CCC(Oc3cccnc3)CC2)c2ccccc2C12CCNCC2. The Kier molecular flexibility index (Phi) is 4.83. The van der Waals surface area contributed by atoms with E-state index >= 15 is 0 Å². The number of ether oxygens (including phenoxy) is 1. The van der Waals surface area contributed by atoms with Gasteiger partial charge in [0.25, 0.3) is 0 Å². The number of hydrogen-bond donors (Lipinski definition) is 2. The number of piperidine rings is 2. The molecule has 5 rings (SSSR count). The Bertz CT molecular complexity index is 799. The number of rotatable bonds is 3. The quantitative estimate of drug-likeness (QED) is 0.859. The van der Waals surface area contributed by atoms with Gasteiger partial charge in [-0.25, -0.2) is 0 Å². The molecule has 0 unspecified atom stereocenters. The van der Waals surface area contributed by atoms with Gasteiger partial charge in [0.15, 0.2) is 0 Å². The zero-order chi connectivity index (χ0) is 19.0. The van der Waals surface area contributed by atoms with Crippen LogP contribution in [0, 0.1) is 0 Å². The molecule has 2 aromatic rings. The van der Waals surface area contributed by atoms with E-state index in [9.17, 15) is 5.11 Å². The highest BCUT2D eigenvalue weighted by atomic mass is 16.5. The molecule has 3 heterocycles. The van der Waals surface area contributed by atoms with Crippen LogP contribution in [-0.4, -0.2) is 53.4 Å². The first-order valence-corrected chi connectivity index (χ1v) is 10.6. The van der Waals surface area contributed by atoms with Gasteiger partial charge >= 0.3 is 0 Å². The van der Waals surface area contributed by atoms with Crippen molar-refractivity contribution in [3.63, 3.8) is 0 Å². The number of aromatic nitrogens is 1. The lowest BCUT2D eigenvalue weighted by Crippen LogP contribution is -2.50. The highest BCUT2D eigenvalue weighted by Crippen LogP contribution is 2.52. The van der Waals surface area contributed by atoms with Gasteiger partial charge in [-0.15, -0.1) is 0 Å². The number of nitrogens with zero attached hydrogens (tertiary/aromatic N) is 2. The normalized spacial score (nSPS) is 27.6. The fourth-order valence-corrected chi connectivity index (χ4v) is 5.56. The minimum atomic E-state index is -0.331. The van der Waals surface area contributed by atoms with Gasteiger partial charge in [-0.1, -0.05) is 24.3 Å². The van der Waals surface area contributed by atoms with Crippen molar-refractivity contribution in [2.24, 2.45) is 0 Å². The molecule has 2 atom stereocenters. The lowest BCUT2D eigenvalue weighted by Gasteiger charge is -2.42. The standard InChI is InChI=1S/C23H29N3O2/c27-22-21(19-5-1-2-6-20(19)23(22)9-12-24-13-10-23)26-14-7-17(8-15-26)28-18-4-3-11-25-16-18/h1-6,11,16-17,21-22,24,27H,7-10,12-15H2/t21-,22+/m0/s1. The van der Waals surface area contributed by atoms with Gasteiger partial charge in [0.2, 0.25) is 0 Å². The molecule has 148 valence electrons. The minimum Gasteiger partial charge on any atom is -0.489 e. The van der Waals surface area contributed by atoms with E-state index in [0.29, 0.717) is 0 Å². The number of fused-ring (bicyclic) bond motifs is 2. The molecule has 2 aliphatic heterocycles. The molecule has 0 saturated carbocycles. The van der Waals surface area contributed by atoms with Gasteiger partial charge in [0, 0.05) is 24.7 Å². The zero-order valence-electron chi connectivity index (χ0n) is 16.3. The predicted octanol–water partition coefficient (Wildman–Crippen LogP) is 2.66. The van der Waals surface area contributed by atoms with E-state index in [1.807, 2.05) is 12.1 Å². The van der Waals surface area contributed by atoms with Crippen LogP contribution in [0.2, 0.25) is 0 Å². The van der Waals surface area contributed by atoms with Crippen molar-refractivity contribution >= 4 is 0 Å². The van der Waals surface area contributed by atoms with Crippen molar-refractivity contribution in [3.8, 4) is 5.75 Å². The first kappa shape index (κ1) is 18.1. The molecule has 2 N–H and O–H groups in total. The molecular weight excluding hydrogens is 350 g/mol. The average molecular weight is 380 g/mol. The Morgan fingerprint density at radius 2 is 1.86 bits per heavy atom. The number of benzene rings is 1. The van der Waals surface area contributed by atoms with E-state index in [1.54, 1.807) is 12.4 Å². The highest BCUT2D eigenvalue weighted by molar-refractivity contribution is 5.45. The lowest BCUT2D eigenvalue weighted by atomic mass is 9.72. The number of likely N-dealkylation sites (tertiary alicyclic amines) is 1. The third-order valence-corrected chi connectivity index (χ3v) is 6.98. The molecule has 1 spiro atoms. The van der Waals surface area contributed by atoms with Gasteiger partial charge in [-0.3, -0.25) is 9.88 Å². The first-order valence-electron chi connectivity index (χ1n) is 10.6. The van der Waals surface area contributed by atoms with E-state index < -0.39 is 0 Å². The highest BCUT2D eigenvalue weighted by Gasteiger charge is 2.53. The molecule has 1 aromatic heterocycles. The molecule has 3 aliphatic rings. The number of aliphatic hydroxyl groups is 1. The van der Waals surface area contributed by atoms with E-state index in [2.05, 4.69) is 39.5 Å². The first-order chi connectivity index (χ1) is 13.8. The van der Waals surface area contributed by atoms with Crippen LogP contribution in [0.4, 0.5) is 0 Å². The maximum atomic E-state index is 11.5. The van der Waals surface area contributed by atoms with Crippen molar-refractivity contribution in [1.29, 1.82) is 0 Å². The maximum Gasteiger partial charge on any atom is 0.137 e. The molecule has 28 heavy (non-hydrogen) atoms. The van der Waals surface area contributed by atoms with Crippen LogP contribution in [0.1, 0.15) is 42.9 Å². The summed E-state index contributed by atoms with van der Waals surface area (Å²) in [7, 11) is 0. The van der Waals surface area contributed by atoms with E-state index in [4.69, 9.17) is 4.74 Å². The summed E-state index contributed by atoms with van der Waals surface area (Å²) in [6.07, 6.45) is 7.44. The van der Waals surface area contributed by atoms with Crippen LogP contribution < -0.4 is 10.1 Å². The Balaban J connectivity index is 1.33. The van der Waals surface area contributed by atoms with Crippen LogP contribution in [0.15, 0.2) is 48.8 Å². The topological polar surface area (TPSA) is 57.6 Å². The second kappa shape index (κ2) is 7.47. The van der Waals surface area contributed by atoms with Gasteiger partial charge in [0.05, 0.1) is 18.3 Å². The Hall–Kier alpha value is -1.95. The van der Waals surface area contributed by atoms with Crippen molar-refractivity contribution in [3.05, 3.63) is 59.9 Å². The molecule has 1 aromatic carbocycles. The van der Waals surface area contributed by atoms with Crippen LogP contribution in [0.25, 0.3) is 0 Å². The van der Waals surface area contributed by atoms with Crippen molar-refractivity contribution < 1.29 is 9.84 Å². The number of nitrogens with one attached hydrogen (secondary N) is 1. The monoisotopic (exact) mass is 379 g/mol. The molecule has 0 bridgehead atoms. The third kappa shape index (κ3) is 3.02. The summed E-state index contributed by atoms with van der Waals surface area (Å²) in [6.45, 7) is 3.88. The van der Waals surface area contributed by atoms with Crippen molar-refractivity contribution in [1.82, 2.24) is 15.2 Å². The summed E-state index contributed by atoms with van der Waals surface area (Å²) in [5, 5.41) is 15.0. The van der Waals surface area contributed by atoms with Crippen LogP contribution in [-0.2, 0) is 5.41 Å². The average Bonchev–Trinajstić information content (AvgIpc) is 2.98. The molecular formula is C23H29N3O2. The Morgan fingerprint density at radius 1 is 1.07 bits per heavy atom. The van der Waals surface area contributed by atoms with E-state index in [1.165, 1.54) is 11.1 Å². The Labute approximate surface area is 166 Å². The largest absolute Gasteiger partial charge is 0.489 e. The zero-order valence-corrected chi connectivity index (χ0v) is 16.3. The van der Waals surface area contributed by atoms with Gasteiger partial charge in [0.1, 0.15) is 11.9 Å². The third-order valence-electron chi connectivity index (χ3n) is 6.98. The molecule has 1 aliphatic carbocycles. The second-order valence-electron chi connectivity index (χ2n) is 8.42. The summed E-state index contributed by atoms with van der Waals surface area (Å²) in [5.74, 6) is 0.848. The van der Waals surface area contributed by atoms with Crippen LogP contribution in [0.3, 0.4) is 0 Å². The summed E-state index contributed by atoms with van der Waals surface area (Å²) >= 11 is 0. The fraction of sp³-hybridized carbons (Fsp3) is 0.522. The van der Waals surface area contributed by atoms with E-state index in [0.717, 1.165) is 57.6 Å². The molecule has 2 saturated heterocycles. The maximum absolute atomic E-state index is 11.5. The number of aliphatic hydroxyl groups excluding tert-OH is 1. The summed E-state index contributed by atoms with van der Waals surface area (Å²) in [5.41, 5.74) is 2.63. The summed E-state index contributed by atoms with van der Waals surface area (Å²) < 4.78 is 6.11. The number of hydrogen-bond acceptors (Lipinski definition) is 5. The van der Waals surface area contributed by atoms with Gasteiger partial charge < -0.3 is 15.2 Å². The molecule has 0 amide bonds. The molecule has 5 heteroatoms. The fourth-order valence-electron chi connectivity index (χ4n) is 5.56. The predicted molar refractivity (Wildman–Crippen MR) is 108 cm³/mol. The smallest absolute Gasteiger partial charge is 0.137 e. The van der Waals surface area contributed by atoms with E-state index in [-0.39, 0.29) is 23.7 Å². The second-order valence-corrected chi connectivity index (χ2v) is 8.42. The van der Waals surface area contributed by atoms with Crippen molar-refractivity contribution in [2.75, 3.05) is 26.2 Å². The summed E-state index contributed by atoms with van der Waals surface area (Å²) in [4.78, 5) is 6.63. The molecule has 5 nitrogen and oxygen atoms in total. The van der Waals surface area contributed by atoms with Crippen LogP contribution in [0.5, 0.6) is 5.75 Å². The molecule has 0 radical (unpaired) electrons. The lowest BCUT2D eigenvalue weighted by molar-refractivity contribution is -0.0201. The molecule has 2 fully saturated rings. The van der Waals surface area contributed by atoms with Crippen molar-refractivity contribution in [2.45, 2.75) is 49.3 Å². The number of pyridine rings is 1. The van der Waals surface area contributed by atoms with Gasteiger partial charge in [-0.2, -0.15) is 0 Å². The van der Waals surface area contributed by atoms with Gasteiger partial charge in [-0.05, 0) is 62.0 Å². The minimum absolute atomic E-state index is 0.0877. The summed E-state index contributed by atoms with van der Waals surface area (Å²) in [6, 6.07) is 12.7.